The first-order chi connectivity index (χ1) is 8.48. The molecule has 0 N–H and O–H groups in total. The third-order valence-electron chi connectivity index (χ3n) is 3.02. The van der Waals surface area contributed by atoms with Crippen molar-refractivity contribution in [1.29, 1.82) is 5.26 Å². The van der Waals surface area contributed by atoms with Crippen LogP contribution in [0.1, 0.15) is 24.2 Å². The third kappa shape index (κ3) is 2.29. The molecular weight excluding hydrogens is 247 g/mol. The van der Waals surface area contributed by atoms with Crippen molar-refractivity contribution >= 4 is 0 Å². The molecule has 1 aliphatic heterocycles. The number of hydrogen-bond donors (Lipinski definition) is 0. The smallest absolute Gasteiger partial charge is 0.381 e. The van der Waals surface area contributed by atoms with E-state index in [2.05, 4.69) is 16.0 Å². The fourth-order valence-electron chi connectivity index (χ4n) is 1.91. The summed E-state index contributed by atoms with van der Waals surface area (Å²) >= 11 is 0. The fraction of sp³-hybridized carbons (Fsp3) is 0.545. The van der Waals surface area contributed by atoms with E-state index in [1.54, 1.807) is 0 Å². The maximum absolute atomic E-state index is 12.3. The molecule has 1 saturated heterocycles. The predicted octanol–water partition coefficient (Wildman–Crippen LogP) is 2.07. The largest absolute Gasteiger partial charge is 0.451 e. The van der Waals surface area contributed by atoms with Crippen molar-refractivity contribution in [1.82, 2.24) is 9.97 Å². The van der Waals surface area contributed by atoms with Gasteiger partial charge in [0.05, 0.1) is 11.5 Å². The van der Waals surface area contributed by atoms with Gasteiger partial charge in [-0.15, -0.1) is 0 Å². The monoisotopic (exact) mass is 257 g/mol. The number of nitriles is 1. The second-order valence-corrected chi connectivity index (χ2v) is 4.10. The summed E-state index contributed by atoms with van der Waals surface area (Å²) < 4.78 is 42.1. The number of alkyl halides is 3. The van der Waals surface area contributed by atoms with E-state index in [1.807, 2.05) is 0 Å². The molecule has 1 aliphatic rings. The van der Waals surface area contributed by atoms with Crippen LogP contribution >= 0.6 is 0 Å². The van der Waals surface area contributed by atoms with Gasteiger partial charge in [-0.2, -0.15) is 18.4 Å². The Kier molecular flexibility index (Phi) is 3.22. The molecule has 0 unspecified atom stereocenters. The Morgan fingerprint density at radius 1 is 1.22 bits per heavy atom. The van der Waals surface area contributed by atoms with E-state index < -0.39 is 17.4 Å². The maximum Gasteiger partial charge on any atom is 0.451 e. The van der Waals surface area contributed by atoms with Crippen molar-refractivity contribution in [3.63, 3.8) is 0 Å². The fourth-order valence-corrected chi connectivity index (χ4v) is 1.91. The second-order valence-electron chi connectivity index (χ2n) is 4.10. The van der Waals surface area contributed by atoms with Gasteiger partial charge in [0, 0.05) is 31.2 Å². The van der Waals surface area contributed by atoms with Gasteiger partial charge in [0.25, 0.3) is 0 Å². The van der Waals surface area contributed by atoms with Crippen molar-refractivity contribution in [2.75, 3.05) is 13.2 Å². The van der Waals surface area contributed by atoms with Gasteiger partial charge >= 0.3 is 6.18 Å². The lowest BCUT2D eigenvalue weighted by Gasteiger charge is -2.30. The Morgan fingerprint density at radius 2 is 1.78 bits per heavy atom. The van der Waals surface area contributed by atoms with Crippen LogP contribution in [0.3, 0.4) is 0 Å². The van der Waals surface area contributed by atoms with Gasteiger partial charge in [-0.05, 0) is 12.8 Å². The summed E-state index contributed by atoms with van der Waals surface area (Å²) in [5.41, 5.74) is -0.413. The molecule has 2 rings (SSSR count). The lowest BCUT2D eigenvalue weighted by molar-refractivity contribution is -0.145. The summed E-state index contributed by atoms with van der Waals surface area (Å²) in [6.45, 7) is 0.823. The number of nitrogens with zero attached hydrogens (tertiary/aromatic N) is 3. The van der Waals surface area contributed by atoms with E-state index in [4.69, 9.17) is 4.74 Å². The number of halogens is 3. The van der Waals surface area contributed by atoms with Crippen LogP contribution in [-0.4, -0.2) is 23.2 Å². The minimum atomic E-state index is -4.56. The molecule has 1 aromatic heterocycles. The van der Waals surface area contributed by atoms with Gasteiger partial charge < -0.3 is 4.74 Å². The normalized spacial score (nSPS) is 19.2. The van der Waals surface area contributed by atoms with Crippen LogP contribution in [0.2, 0.25) is 0 Å². The lowest BCUT2D eigenvalue weighted by Crippen LogP contribution is -2.32. The molecule has 0 bridgehead atoms. The zero-order valence-corrected chi connectivity index (χ0v) is 9.37. The molecule has 0 spiro atoms. The highest BCUT2D eigenvalue weighted by molar-refractivity contribution is 5.29. The van der Waals surface area contributed by atoms with Crippen LogP contribution < -0.4 is 0 Å². The Labute approximate surface area is 101 Å². The topological polar surface area (TPSA) is 58.8 Å². The van der Waals surface area contributed by atoms with Crippen LogP contribution in [0.4, 0.5) is 13.2 Å². The lowest BCUT2D eigenvalue weighted by atomic mass is 9.77. The molecule has 4 nitrogen and oxygen atoms in total. The van der Waals surface area contributed by atoms with Crippen molar-refractivity contribution in [2.24, 2.45) is 0 Å². The average Bonchev–Trinajstić information content (AvgIpc) is 2.39. The number of hydrogen-bond acceptors (Lipinski definition) is 4. The Morgan fingerprint density at radius 3 is 2.22 bits per heavy atom. The van der Waals surface area contributed by atoms with E-state index in [-0.39, 0.29) is 0 Å². The molecule has 1 fully saturated rings. The van der Waals surface area contributed by atoms with Crippen LogP contribution in [0.15, 0.2) is 12.4 Å². The zero-order valence-electron chi connectivity index (χ0n) is 9.37. The van der Waals surface area contributed by atoms with E-state index >= 15 is 0 Å². The van der Waals surface area contributed by atoms with Crippen molar-refractivity contribution in [2.45, 2.75) is 24.4 Å². The molecule has 0 aromatic carbocycles. The van der Waals surface area contributed by atoms with Crippen molar-refractivity contribution < 1.29 is 17.9 Å². The van der Waals surface area contributed by atoms with Gasteiger partial charge in [-0.25, -0.2) is 9.97 Å². The molecule has 2 heterocycles. The van der Waals surface area contributed by atoms with Crippen LogP contribution in [0, 0.1) is 11.3 Å². The molecule has 7 heteroatoms. The van der Waals surface area contributed by atoms with Gasteiger partial charge in [0.15, 0.2) is 0 Å². The summed E-state index contributed by atoms with van der Waals surface area (Å²) in [6, 6.07) is 2.15. The second kappa shape index (κ2) is 4.53. The first-order valence-electron chi connectivity index (χ1n) is 5.37. The van der Waals surface area contributed by atoms with E-state index in [1.165, 1.54) is 0 Å². The Hall–Kier alpha value is -1.68. The summed E-state index contributed by atoms with van der Waals surface area (Å²) in [4.78, 5) is 6.58. The summed E-state index contributed by atoms with van der Waals surface area (Å²) in [5.74, 6) is -1.19. The maximum atomic E-state index is 12.3. The SMILES string of the molecule is N#CC1(c2cnc(C(F)(F)F)nc2)CCOCC1. The van der Waals surface area contributed by atoms with Gasteiger partial charge in [0.1, 0.15) is 0 Å². The Balaban J connectivity index is 2.31. The van der Waals surface area contributed by atoms with Crippen molar-refractivity contribution in [3.05, 3.63) is 23.8 Å². The minimum Gasteiger partial charge on any atom is -0.381 e. The highest BCUT2D eigenvalue weighted by Crippen LogP contribution is 2.34. The van der Waals surface area contributed by atoms with Gasteiger partial charge in [0.2, 0.25) is 5.82 Å². The van der Waals surface area contributed by atoms with E-state index in [9.17, 15) is 18.4 Å². The van der Waals surface area contributed by atoms with Gasteiger partial charge in [-0.1, -0.05) is 0 Å². The van der Waals surface area contributed by atoms with Gasteiger partial charge in [-0.3, -0.25) is 0 Å². The summed E-state index contributed by atoms with van der Waals surface area (Å²) in [6.07, 6.45) is -1.50. The number of ether oxygens (including phenoxy) is 1. The molecule has 18 heavy (non-hydrogen) atoms. The summed E-state index contributed by atoms with van der Waals surface area (Å²) in [7, 11) is 0. The Bertz CT molecular complexity index is 458. The third-order valence-corrected chi connectivity index (χ3v) is 3.02. The first-order valence-corrected chi connectivity index (χ1v) is 5.37. The number of rotatable bonds is 1. The molecule has 1 aromatic rings. The summed E-state index contributed by atoms with van der Waals surface area (Å²) in [5, 5.41) is 9.24. The molecule has 0 radical (unpaired) electrons. The molecule has 0 atom stereocenters. The quantitative estimate of drug-likeness (QED) is 0.772. The zero-order chi connectivity index (χ0) is 13.2. The minimum absolute atomic E-state index is 0.411. The molecule has 0 saturated carbocycles. The van der Waals surface area contributed by atoms with E-state index in [0.29, 0.717) is 31.6 Å². The molecule has 0 amide bonds. The molecule has 96 valence electrons. The highest BCUT2D eigenvalue weighted by Gasteiger charge is 2.38. The highest BCUT2D eigenvalue weighted by atomic mass is 19.4. The molecular formula is C11H10F3N3O. The van der Waals surface area contributed by atoms with E-state index in [0.717, 1.165) is 12.4 Å². The van der Waals surface area contributed by atoms with Crippen LogP contribution in [0.5, 0.6) is 0 Å². The standard InChI is InChI=1S/C11H10F3N3O/c12-11(13,14)9-16-5-8(6-17-9)10(7-15)1-3-18-4-2-10/h5-6H,1-4H2. The van der Waals surface area contributed by atoms with Crippen LogP contribution in [0.25, 0.3) is 0 Å². The van der Waals surface area contributed by atoms with Crippen molar-refractivity contribution in [3.8, 4) is 6.07 Å². The average molecular weight is 257 g/mol. The first kappa shape index (κ1) is 12.8. The number of aromatic nitrogens is 2. The van der Waals surface area contributed by atoms with Crippen LogP contribution in [-0.2, 0) is 16.3 Å². The molecule has 0 aliphatic carbocycles. The predicted molar refractivity (Wildman–Crippen MR) is 54.4 cm³/mol.